The second-order valence-electron chi connectivity index (χ2n) is 7.30. The molecule has 8 heteroatoms. The number of hydrogen-bond donors (Lipinski definition) is 1. The summed E-state index contributed by atoms with van der Waals surface area (Å²) in [6.45, 7) is 1.22. The van der Waals surface area contributed by atoms with E-state index >= 15 is 0 Å². The molecule has 2 fully saturated rings. The predicted molar refractivity (Wildman–Crippen MR) is 97.6 cm³/mol. The highest BCUT2D eigenvalue weighted by molar-refractivity contribution is 8.02. The highest BCUT2D eigenvalue weighted by Crippen LogP contribution is 2.56. The maximum absolute atomic E-state index is 12.9. The summed E-state index contributed by atoms with van der Waals surface area (Å²) in [6, 6.07) is 9.48. The lowest BCUT2D eigenvalue weighted by Crippen LogP contribution is -2.51. The number of rotatable bonds is 5. The normalized spacial score (nSPS) is 25.2. The fourth-order valence-corrected chi connectivity index (χ4v) is 5.14. The van der Waals surface area contributed by atoms with Gasteiger partial charge in [-0.3, -0.25) is 14.5 Å². The number of esters is 1. The number of anilines is 1. The minimum Gasteiger partial charge on any atom is -0.453 e. The van der Waals surface area contributed by atoms with Crippen molar-refractivity contribution in [2.75, 3.05) is 11.5 Å². The first-order chi connectivity index (χ1) is 12.9. The summed E-state index contributed by atoms with van der Waals surface area (Å²) >= 11 is 1.30. The first-order valence-electron chi connectivity index (χ1n) is 8.90. The molecule has 0 radical (unpaired) electrons. The average molecular weight is 385 g/mol. The van der Waals surface area contributed by atoms with Crippen molar-refractivity contribution < 1.29 is 19.1 Å². The SMILES string of the molecule is CC(C#N)(NC(=O)COC(=O)C12CCC(=O)N1c1ccccc1S2)C1CC1. The molecule has 2 unspecified atom stereocenters. The van der Waals surface area contributed by atoms with E-state index in [1.165, 1.54) is 16.7 Å². The topological polar surface area (TPSA) is 99.5 Å². The lowest BCUT2D eigenvalue weighted by atomic mass is 9.98. The van der Waals surface area contributed by atoms with E-state index in [1.54, 1.807) is 13.0 Å². The molecule has 7 nitrogen and oxygen atoms in total. The number of carbonyl (C=O) groups is 3. The summed E-state index contributed by atoms with van der Waals surface area (Å²) < 4.78 is 5.29. The lowest BCUT2D eigenvalue weighted by Gasteiger charge is -2.29. The van der Waals surface area contributed by atoms with Crippen molar-refractivity contribution in [1.82, 2.24) is 5.32 Å². The van der Waals surface area contributed by atoms with Gasteiger partial charge < -0.3 is 10.1 Å². The van der Waals surface area contributed by atoms with E-state index in [2.05, 4.69) is 11.4 Å². The van der Waals surface area contributed by atoms with Crippen LogP contribution in [0, 0.1) is 17.2 Å². The summed E-state index contributed by atoms with van der Waals surface area (Å²) in [5, 5.41) is 12.0. The van der Waals surface area contributed by atoms with Crippen LogP contribution in [0.3, 0.4) is 0 Å². The third kappa shape index (κ3) is 2.86. The number of fused-ring (bicyclic) bond motifs is 3. The van der Waals surface area contributed by atoms with Gasteiger partial charge in [0.05, 0.1) is 11.8 Å². The molecule has 3 aliphatic rings. The van der Waals surface area contributed by atoms with Crippen LogP contribution >= 0.6 is 11.8 Å². The zero-order valence-corrected chi connectivity index (χ0v) is 15.7. The Hall–Kier alpha value is -2.53. The van der Waals surface area contributed by atoms with E-state index in [-0.39, 0.29) is 18.2 Å². The molecule has 0 bridgehead atoms. The molecule has 4 rings (SSSR count). The summed E-state index contributed by atoms with van der Waals surface area (Å²) in [4.78, 5) is 38.6. The minimum atomic E-state index is -1.14. The average Bonchev–Trinajstić information content (AvgIpc) is 3.39. The number of benzene rings is 1. The Labute approximate surface area is 161 Å². The molecule has 2 aliphatic heterocycles. The van der Waals surface area contributed by atoms with Gasteiger partial charge in [0.2, 0.25) is 5.91 Å². The van der Waals surface area contributed by atoms with Crippen molar-refractivity contribution >= 4 is 35.2 Å². The highest BCUT2D eigenvalue weighted by Gasteiger charge is 2.58. The molecular weight excluding hydrogens is 366 g/mol. The Morgan fingerprint density at radius 2 is 2.19 bits per heavy atom. The lowest BCUT2D eigenvalue weighted by molar-refractivity contribution is -0.151. The molecule has 1 aliphatic carbocycles. The fourth-order valence-electron chi connectivity index (χ4n) is 3.72. The van der Waals surface area contributed by atoms with Crippen molar-refractivity contribution in [3.8, 4) is 6.07 Å². The van der Waals surface area contributed by atoms with Gasteiger partial charge in [-0.1, -0.05) is 23.9 Å². The summed E-state index contributed by atoms with van der Waals surface area (Å²) in [5.74, 6) is -1.09. The van der Waals surface area contributed by atoms with Gasteiger partial charge in [-0.05, 0) is 37.8 Å². The Kier molecular flexibility index (Phi) is 4.15. The Morgan fingerprint density at radius 1 is 1.44 bits per heavy atom. The number of para-hydroxylation sites is 1. The standard InChI is InChI=1S/C19H19N3O4S/c1-18(11-20,12-6-7-12)21-15(23)10-26-17(25)19-9-8-16(24)22(19)13-4-2-3-5-14(13)27-19/h2-5,12H,6-10H2,1H3,(H,21,23). The molecule has 1 saturated carbocycles. The molecule has 140 valence electrons. The largest absolute Gasteiger partial charge is 0.453 e. The molecule has 0 aromatic heterocycles. The Bertz CT molecular complexity index is 878. The molecule has 1 aromatic rings. The van der Waals surface area contributed by atoms with Gasteiger partial charge in [-0.2, -0.15) is 5.26 Å². The molecule has 2 heterocycles. The summed E-state index contributed by atoms with van der Waals surface area (Å²) in [6.07, 6.45) is 2.40. The quantitative estimate of drug-likeness (QED) is 0.778. The Balaban J connectivity index is 1.45. The number of nitriles is 1. The number of nitrogens with zero attached hydrogens (tertiary/aromatic N) is 2. The van der Waals surface area contributed by atoms with Crippen LogP contribution in [-0.2, 0) is 19.1 Å². The molecule has 2 atom stereocenters. The molecule has 0 spiro atoms. The second-order valence-corrected chi connectivity index (χ2v) is 8.62. The van der Waals surface area contributed by atoms with Crippen molar-refractivity contribution in [2.24, 2.45) is 5.92 Å². The number of ether oxygens (including phenoxy) is 1. The summed E-state index contributed by atoms with van der Waals surface area (Å²) in [5.41, 5.74) is -0.229. The van der Waals surface area contributed by atoms with Crippen molar-refractivity contribution in [2.45, 2.75) is 47.9 Å². The minimum absolute atomic E-state index is 0.125. The number of nitrogens with one attached hydrogen (secondary N) is 1. The maximum atomic E-state index is 12.9. The maximum Gasteiger partial charge on any atom is 0.344 e. The van der Waals surface area contributed by atoms with Crippen LogP contribution in [0.1, 0.15) is 32.6 Å². The third-order valence-electron chi connectivity index (χ3n) is 5.35. The van der Waals surface area contributed by atoms with Crippen molar-refractivity contribution in [3.05, 3.63) is 24.3 Å². The van der Waals surface area contributed by atoms with Crippen LogP contribution in [0.4, 0.5) is 5.69 Å². The van der Waals surface area contributed by atoms with Crippen LogP contribution in [-0.4, -0.2) is 34.8 Å². The molecule has 27 heavy (non-hydrogen) atoms. The van der Waals surface area contributed by atoms with E-state index in [0.29, 0.717) is 12.1 Å². The second kappa shape index (κ2) is 6.27. The summed E-state index contributed by atoms with van der Waals surface area (Å²) in [7, 11) is 0. The first-order valence-corrected chi connectivity index (χ1v) is 9.72. The van der Waals surface area contributed by atoms with Crippen LogP contribution in [0.15, 0.2) is 29.2 Å². The van der Waals surface area contributed by atoms with Crippen LogP contribution in [0.5, 0.6) is 0 Å². The third-order valence-corrected chi connectivity index (χ3v) is 6.81. The van der Waals surface area contributed by atoms with Crippen molar-refractivity contribution in [3.63, 3.8) is 0 Å². The molecule has 1 saturated heterocycles. The monoisotopic (exact) mass is 385 g/mol. The zero-order chi connectivity index (χ0) is 19.2. The predicted octanol–water partition coefficient (Wildman–Crippen LogP) is 1.97. The van der Waals surface area contributed by atoms with E-state index in [4.69, 9.17) is 4.74 Å². The van der Waals surface area contributed by atoms with Gasteiger partial charge in [0.25, 0.3) is 5.91 Å². The van der Waals surface area contributed by atoms with Gasteiger partial charge >= 0.3 is 5.97 Å². The van der Waals surface area contributed by atoms with E-state index in [0.717, 1.165) is 17.7 Å². The number of thioether (sulfide) groups is 1. The Morgan fingerprint density at radius 3 is 2.89 bits per heavy atom. The van der Waals surface area contributed by atoms with Crippen LogP contribution in [0.2, 0.25) is 0 Å². The van der Waals surface area contributed by atoms with Crippen molar-refractivity contribution in [1.29, 1.82) is 5.26 Å². The van der Waals surface area contributed by atoms with Gasteiger partial charge in [0.1, 0.15) is 5.54 Å². The smallest absolute Gasteiger partial charge is 0.344 e. The van der Waals surface area contributed by atoms with Gasteiger partial charge in [-0.25, -0.2) is 4.79 Å². The number of amides is 2. The first kappa shape index (κ1) is 17.9. The van der Waals surface area contributed by atoms with Crippen LogP contribution < -0.4 is 10.2 Å². The zero-order valence-electron chi connectivity index (χ0n) is 14.9. The van der Waals surface area contributed by atoms with E-state index in [1.807, 2.05) is 18.2 Å². The molecule has 1 N–H and O–H groups in total. The fraction of sp³-hybridized carbons (Fsp3) is 0.474. The molecule has 1 aromatic carbocycles. The molecular formula is C19H19N3O4S. The van der Waals surface area contributed by atoms with Crippen LogP contribution in [0.25, 0.3) is 0 Å². The van der Waals surface area contributed by atoms with E-state index < -0.39 is 28.9 Å². The number of hydrogen-bond acceptors (Lipinski definition) is 6. The van der Waals surface area contributed by atoms with Gasteiger partial charge in [0.15, 0.2) is 11.5 Å². The number of carbonyl (C=O) groups excluding carboxylic acids is 3. The van der Waals surface area contributed by atoms with Gasteiger partial charge in [-0.15, -0.1) is 0 Å². The van der Waals surface area contributed by atoms with E-state index in [9.17, 15) is 19.6 Å². The van der Waals surface area contributed by atoms with Gasteiger partial charge in [0, 0.05) is 17.7 Å². The highest BCUT2D eigenvalue weighted by atomic mass is 32.2. The molecule has 2 amide bonds.